The maximum absolute atomic E-state index is 12.2. The third kappa shape index (κ3) is 3.93. The molecule has 1 aromatic carbocycles. The van der Waals surface area contributed by atoms with Crippen molar-refractivity contribution in [3.05, 3.63) is 71.5 Å². The highest BCUT2D eigenvalue weighted by atomic mass is 16.5. The van der Waals surface area contributed by atoms with Crippen molar-refractivity contribution in [3.8, 4) is 5.75 Å². The maximum atomic E-state index is 12.2. The van der Waals surface area contributed by atoms with Gasteiger partial charge in [-0.05, 0) is 42.2 Å². The fourth-order valence-corrected chi connectivity index (χ4v) is 3.20. The number of benzene rings is 1. The SMILES string of the molecule is CCCC(=O)Cc1c(CC)cc2c(OCc3ccccc3)cccn12. The van der Waals surface area contributed by atoms with Crippen LogP contribution in [0, 0.1) is 0 Å². The van der Waals surface area contributed by atoms with E-state index in [-0.39, 0.29) is 0 Å². The number of pyridine rings is 1. The van der Waals surface area contributed by atoms with Gasteiger partial charge in [0.2, 0.25) is 0 Å². The monoisotopic (exact) mass is 335 g/mol. The van der Waals surface area contributed by atoms with Crippen molar-refractivity contribution in [1.29, 1.82) is 0 Å². The molecule has 0 unspecified atom stereocenters. The number of hydrogen-bond donors (Lipinski definition) is 0. The molecule has 3 aromatic rings. The normalized spacial score (nSPS) is 11.0. The zero-order valence-corrected chi connectivity index (χ0v) is 15.0. The van der Waals surface area contributed by atoms with Crippen LogP contribution in [0.4, 0.5) is 0 Å². The molecule has 0 bridgehead atoms. The fourth-order valence-electron chi connectivity index (χ4n) is 3.20. The van der Waals surface area contributed by atoms with Crippen molar-refractivity contribution >= 4 is 11.3 Å². The Morgan fingerprint density at radius 3 is 2.60 bits per heavy atom. The standard InChI is InChI=1S/C22H25NO2/c1-3-9-19(24)15-20-18(4-2)14-21-22(12-8-13-23(20)21)25-16-17-10-6-5-7-11-17/h5-8,10-14H,3-4,9,15-16H2,1-2H3. The number of aromatic nitrogens is 1. The summed E-state index contributed by atoms with van der Waals surface area (Å²) >= 11 is 0. The van der Waals surface area contributed by atoms with E-state index in [1.54, 1.807) is 0 Å². The molecule has 0 saturated carbocycles. The molecule has 3 heteroatoms. The molecule has 3 nitrogen and oxygen atoms in total. The van der Waals surface area contributed by atoms with E-state index in [4.69, 9.17) is 4.74 Å². The van der Waals surface area contributed by atoms with Crippen LogP contribution in [0.25, 0.3) is 5.52 Å². The summed E-state index contributed by atoms with van der Waals surface area (Å²) in [6.07, 6.45) is 4.97. The summed E-state index contributed by atoms with van der Waals surface area (Å²) < 4.78 is 8.18. The highest BCUT2D eigenvalue weighted by Crippen LogP contribution is 2.27. The van der Waals surface area contributed by atoms with E-state index >= 15 is 0 Å². The number of rotatable bonds is 8. The Kier molecular flexibility index (Phi) is 5.54. The van der Waals surface area contributed by atoms with Crippen molar-refractivity contribution in [2.45, 2.75) is 46.1 Å². The Morgan fingerprint density at radius 2 is 1.88 bits per heavy atom. The van der Waals surface area contributed by atoms with Crippen LogP contribution >= 0.6 is 0 Å². The van der Waals surface area contributed by atoms with Crippen LogP contribution in [0.2, 0.25) is 0 Å². The lowest BCUT2D eigenvalue weighted by Crippen LogP contribution is -2.06. The summed E-state index contributed by atoms with van der Waals surface area (Å²) in [7, 11) is 0. The molecule has 0 aliphatic heterocycles. The molecule has 130 valence electrons. The van der Waals surface area contributed by atoms with Crippen molar-refractivity contribution in [1.82, 2.24) is 4.40 Å². The number of Topliss-reactive ketones (excluding diaryl/α,β-unsaturated/α-hetero) is 1. The van der Waals surface area contributed by atoms with E-state index < -0.39 is 0 Å². The summed E-state index contributed by atoms with van der Waals surface area (Å²) in [5.74, 6) is 1.16. The molecular formula is C22H25NO2. The predicted molar refractivity (Wildman–Crippen MR) is 101 cm³/mol. The lowest BCUT2D eigenvalue weighted by Gasteiger charge is -2.10. The number of fused-ring (bicyclic) bond motifs is 1. The van der Waals surface area contributed by atoms with E-state index in [2.05, 4.69) is 29.5 Å². The molecule has 3 rings (SSSR count). The van der Waals surface area contributed by atoms with Crippen molar-refractivity contribution in [3.63, 3.8) is 0 Å². The first-order chi connectivity index (χ1) is 12.2. The zero-order valence-electron chi connectivity index (χ0n) is 15.0. The van der Waals surface area contributed by atoms with Crippen molar-refractivity contribution < 1.29 is 9.53 Å². The Morgan fingerprint density at radius 1 is 1.08 bits per heavy atom. The molecule has 0 atom stereocenters. The van der Waals surface area contributed by atoms with E-state index in [1.807, 2.05) is 43.5 Å². The second kappa shape index (κ2) is 8.02. The van der Waals surface area contributed by atoms with E-state index in [9.17, 15) is 4.79 Å². The molecule has 0 amide bonds. The van der Waals surface area contributed by atoms with Gasteiger partial charge in [0.15, 0.2) is 0 Å². The average Bonchev–Trinajstić information content (AvgIpc) is 2.99. The molecule has 0 aliphatic carbocycles. The molecule has 0 N–H and O–H groups in total. The molecule has 0 aliphatic rings. The molecule has 0 fully saturated rings. The smallest absolute Gasteiger partial charge is 0.143 e. The molecule has 2 heterocycles. The molecule has 0 spiro atoms. The largest absolute Gasteiger partial charge is 0.487 e. The van der Waals surface area contributed by atoms with Gasteiger partial charge in [0.25, 0.3) is 0 Å². The summed E-state index contributed by atoms with van der Waals surface area (Å²) in [5.41, 5.74) is 4.50. The molecule has 0 saturated heterocycles. The van der Waals surface area contributed by atoms with Gasteiger partial charge in [-0.2, -0.15) is 0 Å². The minimum absolute atomic E-state index is 0.299. The van der Waals surface area contributed by atoms with Gasteiger partial charge >= 0.3 is 0 Å². The third-order valence-electron chi connectivity index (χ3n) is 4.48. The van der Waals surface area contributed by atoms with Crippen molar-refractivity contribution in [2.75, 3.05) is 0 Å². The Bertz CT molecular complexity index is 849. The minimum Gasteiger partial charge on any atom is -0.487 e. The number of carbonyl (C=O) groups is 1. The van der Waals surface area contributed by atoms with E-state index in [1.165, 1.54) is 5.56 Å². The first kappa shape index (κ1) is 17.3. The summed E-state index contributed by atoms with van der Waals surface area (Å²) in [6.45, 7) is 4.72. The second-order valence-corrected chi connectivity index (χ2v) is 6.34. The number of ketones is 1. The number of carbonyl (C=O) groups excluding carboxylic acids is 1. The van der Waals surface area contributed by atoms with Crippen LogP contribution < -0.4 is 4.74 Å². The van der Waals surface area contributed by atoms with Gasteiger partial charge < -0.3 is 9.14 Å². The fraction of sp³-hybridized carbons (Fsp3) is 0.318. The number of aryl methyl sites for hydroxylation is 1. The summed E-state index contributed by atoms with van der Waals surface area (Å²) in [4.78, 5) is 12.2. The van der Waals surface area contributed by atoms with E-state index in [0.29, 0.717) is 25.2 Å². The highest BCUT2D eigenvalue weighted by molar-refractivity contribution is 5.81. The third-order valence-corrected chi connectivity index (χ3v) is 4.48. The summed E-state index contributed by atoms with van der Waals surface area (Å²) in [6, 6.07) is 16.3. The number of nitrogens with zero attached hydrogens (tertiary/aromatic N) is 1. The quantitative estimate of drug-likeness (QED) is 0.580. The molecule has 25 heavy (non-hydrogen) atoms. The molecule has 0 radical (unpaired) electrons. The highest BCUT2D eigenvalue weighted by Gasteiger charge is 2.15. The number of hydrogen-bond acceptors (Lipinski definition) is 2. The second-order valence-electron chi connectivity index (χ2n) is 6.34. The molecule has 2 aromatic heterocycles. The first-order valence-corrected chi connectivity index (χ1v) is 9.03. The molecular weight excluding hydrogens is 310 g/mol. The van der Waals surface area contributed by atoms with Crippen LogP contribution in [0.15, 0.2) is 54.7 Å². The lowest BCUT2D eigenvalue weighted by molar-refractivity contribution is -0.118. The lowest BCUT2D eigenvalue weighted by atomic mass is 10.1. The van der Waals surface area contributed by atoms with E-state index in [0.717, 1.165) is 35.4 Å². The van der Waals surface area contributed by atoms with Gasteiger partial charge in [-0.15, -0.1) is 0 Å². The van der Waals surface area contributed by atoms with Crippen molar-refractivity contribution in [2.24, 2.45) is 0 Å². The van der Waals surface area contributed by atoms with Gasteiger partial charge in [0, 0.05) is 24.7 Å². The average molecular weight is 335 g/mol. The Labute approximate surface area is 149 Å². The minimum atomic E-state index is 0.299. The van der Waals surface area contributed by atoms with Crippen LogP contribution in [0.5, 0.6) is 5.75 Å². The number of ether oxygens (including phenoxy) is 1. The zero-order chi connectivity index (χ0) is 17.6. The van der Waals surface area contributed by atoms with Crippen LogP contribution in [0.3, 0.4) is 0 Å². The Balaban J connectivity index is 1.90. The Hall–Kier alpha value is -2.55. The van der Waals surface area contributed by atoms with Crippen LogP contribution in [-0.2, 0) is 24.2 Å². The van der Waals surface area contributed by atoms with Crippen LogP contribution in [-0.4, -0.2) is 10.2 Å². The van der Waals surface area contributed by atoms with Gasteiger partial charge in [0.05, 0.1) is 5.52 Å². The van der Waals surface area contributed by atoms with Gasteiger partial charge in [-0.25, -0.2) is 0 Å². The van der Waals surface area contributed by atoms with Gasteiger partial charge in [-0.3, -0.25) is 4.79 Å². The summed E-state index contributed by atoms with van der Waals surface area (Å²) in [5, 5.41) is 0. The topological polar surface area (TPSA) is 30.7 Å². The maximum Gasteiger partial charge on any atom is 0.143 e. The van der Waals surface area contributed by atoms with Gasteiger partial charge in [-0.1, -0.05) is 44.2 Å². The first-order valence-electron chi connectivity index (χ1n) is 9.03. The van der Waals surface area contributed by atoms with Gasteiger partial charge in [0.1, 0.15) is 18.1 Å². The van der Waals surface area contributed by atoms with Crippen LogP contribution in [0.1, 0.15) is 43.5 Å². The predicted octanol–water partition coefficient (Wildman–Crippen LogP) is 4.99.